The van der Waals surface area contributed by atoms with E-state index in [4.69, 9.17) is 80.5 Å². The van der Waals surface area contributed by atoms with Crippen molar-refractivity contribution >= 4 is 11.9 Å². The van der Waals surface area contributed by atoms with Gasteiger partial charge in [-0.2, -0.15) is 0 Å². The Bertz CT molecular complexity index is 946. The maximum Gasteiger partial charge on any atom is 0.330 e. The molecule has 0 aromatic heterocycles. The van der Waals surface area contributed by atoms with Crippen molar-refractivity contribution in [3.8, 4) is 0 Å². The van der Waals surface area contributed by atoms with Gasteiger partial charge in [0.2, 0.25) is 0 Å². The van der Waals surface area contributed by atoms with E-state index in [1.165, 1.54) is 0 Å². The minimum Gasteiger partial charge on any atom is -0.460 e. The lowest BCUT2D eigenvalue weighted by Gasteiger charge is -2.20. The summed E-state index contributed by atoms with van der Waals surface area (Å²) in [6.45, 7) is 25.0. The number of carbonyl (C=O) groups excluding carboxylic acids is 2. The zero-order chi connectivity index (χ0) is 43.8. The van der Waals surface area contributed by atoms with Crippen molar-refractivity contribution in [3.63, 3.8) is 0 Å². The number of hydrogen-bond acceptors (Lipinski definition) is 19. The molecule has 0 aromatic carbocycles. The molecule has 0 bridgehead atoms. The third-order valence-corrected chi connectivity index (χ3v) is 7.21. The molecule has 60 heavy (non-hydrogen) atoms. The molecule has 0 radical (unpaired) electrons. The van der Waals surface area contributed by atoms with Gasteiger partial charge in [-0.3, -0.25) is 0 Å². The fraction of sp³-hybridized carbons (Fsp3) is 0.854. The van der Waals surface area contributed by atoms with Crippen LogP contribution in [0.5, 0.6) is 0 Å². The zero-order valence-electron chi connectivity index (χ0n) is 36.6. The van der Waals surface area contributed by atoms with Crippen molar-refractivity contribution in [2.45, 2.75) is 39.1 Å². The van der Waals surface area contributed by atoms with E-state index in [0.717, 1.165) is 12.2 Å². The van der Waals surface area contributed by atoms with Gasteiger partial charge in [-0.25, -0.2) is 9.59 Å². The van der Waals surface area contributed by atoms with Gasteiger partial charge in [-0.15, -0.1) is 0 Å². The van der Waals surface area contributed by atoms with Crippen molar-refractivity contribution in [2.75, 3.05) is 192 Å². The van der Waals surface area contributed by atoms with Gasteiger partial charge in [0.15, 0.2) is 0 Å². The molecule has 0 aliphatic carbocycles. The highest BCUT2D eigenvalue weighted by Crippen LogP contribution is 2.01. The van der Waals surface area contributed by atoms with Crippen LogP contribution < -0.4 is 0 Å². The molecule has 0 amide bonds. The van der Waals surface area contributed by atoms with Gasteiger partial charge in [0.05, 0.1) is 197 Å². The van der Waals surface area contributed by atoms with Crippen LogP contribution >= 0.6 is 0 Å². The third-order valence-electron chi connectivity index (χ3n) is 7.21. The van der Waals surface area contributed by atoms with Crippen LogP contribution in [-0.2, 0) is 90.1 Å². The van der Waals surface area contributed by atoms with Gasteiger partial charge in [-0.05, 0) is 20.8 Å². The van der Waals surface area contributed by atoms with E-state index in [9.17, 15) is 9.59 Å². The van der Waals surface area contributed by atoms with Crippen molar-refractivity contribution < 1.29 is 90.1 Å². The molecular weight excluding hydrogens is 796 g/mol. The minimum absolute atomic E-state index is 0.0773. The fourth-order valence-electron chi connectivity index (χ4n) is 4.12. The summed E-state index contributed by atoms with van der Waals surface area (Å²) in [5.41, 5.74) is 0. The second-order valence-corrected chi connectivity index (χ2v) is 12.5. The van der Waals surface area contributed by atoms with Crippen molar-refractivity contribution in [3.05, 3.63) is 25.3 Å². The molecule has 3 unspecified atom stereocenters. The lowest BCUT2D eigenvalue weighted by molar-refractivity contribution is -0.140. The van der Waals surface area contributed by atoms with E-state index in [1.54, 1.807) is 0 Å². The molecule has 0 saturated heterocycles. The molecular formula is C41H76O19. The maximum atomic E-state index is 10.9. The van der Waals surface area contributed by atoms with Gasteiger partial charge >= 0.3 is 11.9 Å². The largest absolute Gasteiger partial charge is 0.460 e. The Balaban J connectivity index is 3.33. The first-order valence-electron chi connectivity index (χ1n) is 20.7. The van der Waals surface area contributed by atoms with Gasteiger partial charge in [0.1, 0.15) is 13.2 Å². The van der Waals surface area contributed by atoms with Crippen LogP contribution in [0.3, 0.4) is 0 Å². The van der Waals surface area contributed by atoms with E-state index in [-0.39, 0.29) is 31.5 Å². The molecule has 354 valence electrons. The Morgan fingerprint density at radius 1 is 0.317 bits per heavy atom. The summed E-state index contributed by atoms with van der Waals surface area (Å²) < 4.78 is 92.5. The fourth-order valence-corrected chi connectivity index (χ4v) is 4.12. The van der Waals surface area contributed by atoms with E-state index in [0.29, 0.717) is 178 Å². The molecule has 0 saturated carbocycles. The Labute approximate surface area is 357 Å². The second kappa shape index (κ2) is 47.9. The van der Waals surface area contributed by atoms with Gasteiger partial charge in [0.25, 0.3) is 0 Å². The van der Waals surface area contributed by atoms with Crippen LogP contribution in [0.2, 0.25) is 0 Å². The smallest absolute Gasteiger partial charge is 0.330 e. The van der Waals surface area contributed by atoms with E-state index in [1.807, 2.05) is 20.8 Å². The molecule has 0 aliphatic rings. The summed E-state index contributed by atoms with van der Waals surface area (Å²) in [6, 6.07) is 0. The van der Waals surface area contributed by atoms with Crippen molar-refractivity contribution in [1.82, 2.24) is 0 Å². The topological polar surface area (TPSA) is 191 Å². The van der Waals surface area contributed by atoms with Gasteiger partial charge in [-0.1, -0.05) is 13.2 Å². The highest BCUT2D eigenvalue weighted by molar-refractivity contribution is 5.81. The predicted molar refractivity (Wildman–Crippen MR) is 218 cm³/mol. The number of carbonyl (C=O) groups is 2. The van der Waals surface area contributed by atoms with Crippen LogP contribution in [0.4, 0.5) is 0 Å². The summed E-state index contributed by atoms with van der Waals surface area (Å²) in [5, 5.41) is 0. The van der Waals surface area contributed by atoms with Crippen LogP contribution in [0.1, 0.15) is 20.8 Å². The maximum absolute atomic E-state index is 10.9. The molecule has 0 aliphatic heterocycles. The molecule has 3 atom stereocenters. The van der Waals surface area contributed by atoms with Crippen LogP contribution in [-0.4, -0.2) is 222 Å². The lowest BCUT2D eigenvalue weighted by Crippen LogP contribution is -2.27. The van der Waals surface area contributed by atoms with Crippen molar-refractivity contribution in [1.29, 1.82) is 0 Å². The van der Waals surface area contributed by atoms with E-state index >= 15 is 0 Å². The summed E-state index contributed by atoms with van der Waals surface area (Å²) in [7, 11) is 0. The number of rotatable bonds is 50. The molecule has 0 fully saturated rings. The first kappa shape index (κ1) is 57.8. The molecule has 0 rings (SSSR count). The molecule has 0 spiro atoms. The average molecular weight is 873 g/mol. The lowest BCUT2D eigenvalue weighted by atomic mass is 10.4. The van der Waals surface area contributed by atoms with E-state index in [2.05, 4.69) is 13.2 Å². The van der Waals surface area contributed by atoms with E-state index < -0.39 is 11.9 Å². The number of hydrogen-bond donors (Lipinski definition) is 0. The zero-order valence-corrected chi connectivity index (χ0v) is 36.6. The number of esters is 2. The normalized spacial score (nSPS) is 12.9. The molecule has 19 heteroatoms. The monoisotopic (exact) mass is 872 g/mol. The predicted octanol–water partition coefficient (Wildman–Crippen LogP) is 1.86. The average Bonchev–Trinajstić information content (AvgIpc) is 3.25. The quantitative estimate of drug-likeness (QED) is 0.0489. The second-order valence-electron chi connectivity index (χ2n) is 12.5. The third kappa shape index (κ3) is 46.9. The Hall–Kier alpha value is -2.18. The minimum atomic E-state index is -0.465. The highest BCUT2D eigenvalue weighted by atomic mass is 16.6. The van der Waals surface area contributed by atoms with Crippen LogP contribution in [0.25, 0.3) is 0 Å². The Morgan fingerprint density at radius 2 is 0.533 bits per heavy atom. The Kier molecular flexibility index (Phi) is 46.1. The molecule has 0 N–H and O–H groups in total. The summed E-state index contributed by atoms with van der Waals surface area (Å²) in [4.78, 5) is 21.8. The van der Waals surface area contributed by atoms with Crippen molar-refractivity contribution in [2.24, 2.45) is 0 Å². The first-order chi connectivity index (χ1) is 29.4. The first-order valence-corrected chi connectivity index (χ1v) is 20.7. The van der Waals surface area contributed by atoms with Crippen LogP contribution in [0, 0.1) is 0 Å². The summed E-state index contributed by atoms with van der Waals surface area (Å²) in [6.07, 6.45) is 1.98. The van der Waals surface area contributed by atoms with Gasteiger partial charge < -0.3 is 80.5 Å². The molecule has 19 nitrogen and oxygen atoms in total. The van der Waals surface area contributed by atoms with Crippen LogP contribution in [0.15, 0.2) is 25.3 Å². The molecule has 0 aromatic rings. The highest BCUT2D eigenvalue weighted by Gasteiger charge is 2.10. The molecule has 0 heterocycles. The number of ether oxygens (including phenoxy) is 17. The van der Waals surface area contributed by atoms with Gasteiger partial charge in [0, 0.05) is 12.2 Å². The summed E-state index contributed by atoms with van der Waals surface area (Å²) >= 11 is 0. The summed E-state index contributed by atoms with van der Waals surface area (Å²) in [5.74, 6) is -0.930. The Morgan fingerprint density at radius 3 is 0.817 bits per heavy atom. The standard InChI is InChI=1S/C41H76O19/c1-6-40(42)57-32-29-53-24-21-49-16-13-45-9-8-44-12-15-48-20-23-52-28-31-56-38(4)35-60-39(5)36-59-37(3)34-55-27-26-51-19-18-47-11-10-46-14-17-50-22-25-54-30-33-58-41(43)7-2/h6-7,37-39H,1-2,8-36H2,3-5H3. The SMILES string of the molecule is C=CC(=O)OCCOCCOCCOCCOCCOCCOCCOC(C)COC(C)COC(C)COCCOCCOCCOCCOCCOCCOC(=O)C=C.